The Morgan fingerprint density at radius 3 is 2.73 bits per heavy atom. The second-order valence-corrected chi connectivity index (χ2v) is 2.73. The van der Waals surface area contributed by atoms with E-state index in [1.807, 2.05) is 0 Å². The quantitative estimate of drug-likeness (QED) is 0.205. The molecule has 0 radical (unpaired) electrons. The summed E-state index contributed by atoms with van der Waals surface area (Å²) in [6.07, 6.45) is 1.38. The first-order valence-corrected chi connectivity index (χ1v) is 3.92. The number of carbonyl (C=O) groups is 1. The molecule has 0 unspecified atom stereocenters. The van der Waals surface area contributed by atoms with Crippen molar-refractivity contribution in [3.8, 4) is 0 Å². The van der Waals surface area contributed by atoms with Gasteiger partial charge in [0.2, 0.25) is 0 Å². The number of hydrogen-bond donors (Lipinski definition) is 4. The zero-order valence-electron chi connectivity index (χ0n) is 7.71. The molecule has 1 heterocycles. The monoisotopic (exact) mass is 210 g/mol. The molecule has 0 aliphatic heterocycles. The van der Waals surface area contributed by atoms with Crippen molar-refractivity contribution in [2.45, 2.75) is 6.42 Å². The van der Waals surface area contributed by atoms with Crippen LogP contribution in [0.25, 0.3) is 0 Å². The lowest BCUT2D eigenvalue weighted by Gasteiger charge is -2.02. The van der Waals surface area contributed by atoms with Crippen LogP contribution in [0.15, 0.2) is 11.4 Å². The smallest absolute Gasteiger partial charge is 0.271 e. The Bertz CT molecular complexity index is 416. The summed E-state index contributed by atoms with van der Waals surface area (Å²) in [7, 11) is 0. The van der Waals surface area contributed by atoms with E-state index in [1.54, 1.807) is 0 Å². The molecular formula is C7H10N6O2. The van der Waals surface area contributed by atoms with Crippen LogP contribution >= 0.6 is 0 Å². The molecule has 0 aliphatic rings. The van der Waals surface area contributed by atoms with E-state index in [-0.39, 0.29) is 23.8 Å². The maximum absolute atomic E-state index is 10.9. The molecule has 0 spiro atoms. The Morgan fingerprint density at radius 1 is 1.53 bits per heavy atom. The Morgan fingerprint density at radius 2 is 2.20 bits per heavy atom. The van der Waals surface area contributed by atoms with Crippen molar-refractivity contribution in [3.05, 3.63) is 17.6 Å². The summed E-state index contributed by atoms with van der Waals surface area (Å²) in [6.45, 7) is 0. The van der Waals surface area contributed by atoms with E-state index in [0.717, 1.165) is 0 Å². The Balaban J connectivity index is 3.03. The van der Waals surface area contributed by atoms with Crippen LogP contribution in [0.1, 0.15) is 16.2 Å². The largest absolute Gasteiger partial charge is 0.409 e. The molecule has 0 saturated heterocycles. The van der Waals surface area contributed by atoms with Gasteiger partial charge in [0.15, 0.2) is 11.5 Å². The molecule has 1 aromatic heterocycles. The lowest BCUT2D eigenvalue weighted by Crippen LogP contribution is -2.20. The Hall–Kier alpha value is -2.38. The number of anilines is 1. The van der Waals surface area contributed by atoms with Crippen LogP contribution < -0.4 is 17.2 Å². The highest BCUT2D eigenvalue weighted by Gasteiger charge is 2.10. The minimum atomic E-state index is -0.777. The fraction of sp³-hybridized carbons (Fsp3) is 0.143. The number of rotatable bonds is 3. The topological polar surface area (TPSA) is 154 Å². The van der Waals surface area contributed by atoms with Crippen LogP contribution in [-0.4, -0.2) is 26.9 Å². The van der Waals surface area contributed by atoms with Crippen molar-refractivity contribution in [1.82, 2.24) is 9.97 Å². The number of nitrogens with zero attached hydrogens (tertiary/aromatic N) is 3. The molecule has 1 amide bonds. The summed E-state index contributed by atoms with van der Waals surface area (Å²) in [6, 6.07) is 0. The third kappa shape index (κ3) is 2.53. The van der Waals surface area contributed by atoms with Crippen LogP contribution in [0.2, 0.25) is 0 Å². The molecule has 0 aliphatic carbocycles. The van der Waals surface area contributed by atoms with Gasteiger partial charge in [0.25, 0.3) is 5.91 Å². The van der Waals surface area contributed by atoms with Gasteiger partial charge in [-0.25, -0.2) is 9.97 Å². The third-order valence-corrected chi connectivity index (χ3v) is 1.57. The molecule has 8 heteroatoms. The lowest BCUT2D eigenvalue weighted by molar-refractivity contribution is 0.0996. The first kappa shape index (κ1) is 10.7. The number of oxime groups is 1. The van der Waals surface area contributed by atoms with Crippen LogP contribution in [-0.2, 0) is 6.42 Å². The molecule has 15 heavy (non-hydrogen) atoms. The van der Waals surface area contributed by atoms with Crippen LogP contribution in [0.5, 0.6) is 0 Å². The molecule has 7 N–H and O–H groups in total. The highest BCUT2D eigenvalue weighted by Crippen LogP contribution is 2.05. The number of amidine groups is 1. The van der Waals surface area contributed by atoms with Crippen molar-refractivity contribution in [2.24, 2.45) is 16.6 Å². The molecule has 0 fully saturated rings. The molecule has 80 valence electrons. The number of carbonyl (C=O) groups excluding carboxylic acids is 1. The first-order valence-electron chi connectivity index (χ1n) is 3.92. The molecular weight excluding hydrogens is 200 g/mol. The molecule has 1 aromatic rings. The van der Waals surface area contributed by atoms with Crippen molar-refractivity contribution in [1.29, 1.82) is 0 Å². The third-order valence-electron chi connectivity index (χ3n) is 1.57. The van der Waals surface area contributed by atoms with E-state index in [9.17, 15) is 4.79 Å². The number of amides is 1. The van der Waals surface area contributed by atoms with Gasteiger partial charge in [0.1, 0.15) is 5.84 Å². The molecule has 0 aromatic carbocycles. The lowest BCUT2D eigenvalue weighted by atomic mass is 10.3. The summed E-state index contributed by atoms with van der Waals surface area (Å²) in [5, 5.41) is 11.1. The summed E-state index contributed by atoms with van der Waals surface area (Å²) >= 11 is 0. The predicted molar refractivity (Wildman–Crippen MR) is 52.1 cm³/mol. The van der Waals surface area contributed by atoms with E-state index in [0.29, 0.717) is 5.69 Å². The standard InChI is InChI=1S/C7H10N6O2/c8-4(13-15)1-3-2-11-6(9)5(12-3)7(10)14/h2,15H,1H2,(H2,8,13)(H2,9,11)(H2,10,14). The van der Waals surface area contributed by atoms with E-state index in [2.05, 4.69) is 15.1 Å². The van der Waals surface area contributed by atoms with Crippen molar-refractivity contribution < 1.29 is 10.0 Å². The maximum atomic E-state index is 10.9. The van der Waals surface area contributed by atoms with Gasteiger partial charge in [-0.1, -0.05) is 5.16 Å². The van der Waals surface area contributed by atoms with Gasteiger partial charge in [-0.15, -0.1) is 0 Å². The van der Waals surface area contributed by atoms with Crippen LogP contribution in [0, 0.1) is 0 Å². The zero-order chi connectivity index (χ0) is 11.4. The van der Waals surface area contributed by atoms with Gasteiger partial charge >= 0.3 is 0 Å². The summed E-state index contributed by atoms with van der Waals surface area (Å²) < 4.78 is 0. The number of primary amides is 1. The van der Waals surface area contributed by atoms with E-state index in [1.165, 1.54) is 6.20 Å². The molecule has 8 nitrogen and oxygen atoms in total. The predicted octanol–water partition coefficient (Wildman–Crippen LogP) is -1.55. The summed E-state index contributed by atoms with van der Waals surface area (Å²) in [4.78, 5) is 18.4. The molecule has 0 saturated carbocycles. The summed E-state index contributed by atoms with van der Waals surface area (Å²) in [5.74, 6) is -0.878. The molecule has 0 atom stereocenters. The van der Waals surface area contributed by atoms with Gasteiger partial charge in [-0.05, 0) is 0 Å². The highest BCUT2D eigenvalue weighted by atomic mass is 16.4. The Kier molecular flexibility index (Phi) is 3.01. The van der Waals surface area contributed by atoms with E-state index >= 15 is 0 Å². The second kappa shape index (κ2) is 4.22. The second-order valence-electron chi connectivity index (χ2n) is 2.73. The normalized spacial score (nSPS) is 11.3. The summed E-state index contributed by atoms with van der Waals surface area (Å²) in [5.41, 5.74) is 15.9. The Labute approximate surface area is 84.8 Å². The number of hydrogen-bond acceptors (Lipinski definition) is 6. The fourth-order valence-corrected chi connectivity index (χ4v) is 0.922. The van der Waals surface area contributed by atoms with Gasteiger partial charge in [0, 0.05) is 0 Å². The minimum Gasteiger partial charge on any atom is -0.409 e. The number of aromatic nitrogens is 2. The van der Waals surface area contributed by atoms with Crippen molar-refractivity contribution >= 4 is 17.6 Å². The van der Waals surface area contributed by atoms with E-state index < -0.39 is 5.91 Å². The minimum absolute atomic E-state index is 0.0502. The molecule has 0 bridgehead atoms. The van der Waals surface area contributed by atoms with Crippen molar-refractivity contribution in [2.75, 3.05) is 5.73 Å². The fourth-order valence-electron chi connectivity index (χ4n) is 0.922. The van der Waals surface area contributed by atoms with Gasteiger partial charge < -0.3 is 22.4 Å². The average Bonchev–Trinajstić information content (AvgIpc) is 2.20. The first-order chi connectivity index (χ1) is 7.04. The SMILES string of the molecule is NC(=O)c1nc(CC(N)=NO)cnc1N. The number of nitrogens with two attached hydrogens (primary N) is 3. The zero-order valence-corrected chi connectivity index (χ0v) is 7.71. The van der Waals surface area contributed by atoms with Gasteiger partial charge in [-0.3, -0.25) is 4.79 Å². The van der Waals surface area contributed by atoms with E-state index in [4.69, 9.17) is 22.4 Å². The highest BCUT2D eigenvalue weighted by molar-refractivity contribution is 5.95. The maximum Gasteiger partial charge on any atom is 0.271 e. The van der Waals surface area contributed by atoms with Crippen LogP contribution in [0.4, 0.5) is 5.82 Å². The van der Waals surface area contributed by atoms with Crippen LogP contribution in [0.3, 0.4) is 0 Å². The van der Waals surface area contributed by atoms with Gasteiger partial charge in [-0.2, -0.15) is 0 Å². The number of nitrogen functional groups attached to an aromatic ring is 1. The van der Waals surface area contributed by atoms with Crippen molar-refractivity contribution in [3.63, 3.8) is 0 Å². The average molecular weight is 210 g/mol. The molecule has 1 rings (SSSR count). The van der Waals surface area contributed by atoms with Gasteiger partial charge in [0.05, 0.1) is 18.3 Å².